The van der Waals surface area contributed by atoms with Crippen molar-refractivity contribution in [3.63, 3.8) is 0 Å². The van der Waals surface area contributed by atoms with E-state index in [1.54, 1.807) is 0 Å². The summed E-state index contributed by atoms with van der Waals surface area (Å²) < 4.78 is 0. The van der Waals surface area contributed by atoms with Gasteiger partial charge in [0.05, 0.1) is 23.3 Å². The van der Waals surface area contributed by atoms with Gasteiger partial charge in [-0.05, 0) is 23.8 Å². The molecule has 0 aromatic heterocycles. The molecule has 0 fully saturated rings. The van der Waals surface area contributed by atoms with Crippen LogP contribution >= 0.6 is 0 Å². The van der Waals surface area contributed by atoms with Gasteiger partial charge in [0.15, 0.2) is 0 Å². The summed E-state index contributed by atoms with van der Waals surface area (Å²) in [6, 6.07) is 16.9. The zero-order chi connectivity index (χ0) is 18.5. The van der Waals surface area contributed by atoms with Crippen LogP contribution in [0.15, 0.2) is 84.0 Å². The third-order valence-corrected chi connectivity index (χ3v) is 3.82. The van der Waals surface area contributed by atoms with E-state index < -0.39 is 17.8 Å². The minimum Gasteiger partial charge on any atom is -0.545 e. The Morgan fingerprint density at radius 1 is 1.08 bits per heavy atom. The Morgan fingerprint density at radius 2 is 1.77 bits per heavy atom. The molecular weight excluding hydrogens is 330 g/mol. The smallest absolute Gasteiger partial charge is 0.249 e. The lowest BCUT2D eigenvalue weighted by atomic mass is 9.94. The maximum Gasteiger partial charge on any atom is 0.249 e. The Kier molecular flexibility index (Phi) is 4.94. The third kappa shape index (κ3) is 3.87. The van der Waals surface area contributed by atoms with Gasteiger partial charge in [-0.1, -0.05) is 49.0 Å². The first-order valence-electron chi connectivity index (χ1n) is 7.93. The minimum atomic E-state index is -1.45. The first kappa shape index (κ1) is 17.2. The zero-order valence-corrected chi connectivity index (χ0v) is 13.8. The van der Waals surface area contributed by atoms with Crippen molar-refractivity contribution >= 4 is 29.1 Å². The number of amidine groups is 1. The quantitative estimate of drug-likeness (QED) is 0.830. The first-order chi connectivity index (χ1) is 12.5. The van der Waals surface area contributed by atoms with Gasteiger partial charge >= 0.3 is 0 Å². The van der Waals surface area contributed by atoms with E-state index in [4.69, 9.17) is 0 Å². The minimum absolute atomic E-state index is 0.353. The summed E-state index contributed by atoms with van der Waals surface area (Å²) in [7, 11) is 0. The molecule has 0 saturated heterocycles. The molecule has 6 nitrogen and oxygen atoms in total. The number of carbonyl (C=O) groups excluding carboxylic acids is 2. The molecule has 1 aliphatic heterocycles. The lowest BCUT2D eigenvalue weighted by Gasteiger charge is -2.21. The monoisotopic (exact) mass is 346 g/mol. The number of hydrogen-bond acceptors (Lipinski definition) is 5. The molecular formula is C20H16N3O3-. The number of benzene rings is 2. The number of aliphatic carboxylic acids is 1. The molecule has 1 heterocycles. The molecule has 130 valence electrons. The van der Waals surface area contributed by atoms with Crippen molar-refractivity contribution < 1.29 is 14.7 Å². The average molecular weight is 346 g/mol. The number of nitrogens with zero attached hydrogens (tertiary/aromatic N) is 1. The first-order valence-corrected chi connectivity index (χ1v) is 7.93. The van der Waals surface area contributed by atoms with Crippen molar-refractivity contribution in [1.29, 1.82) is 0 Å². The van der Waals surface area contributed by atoms with Crippen molar-refractivity contribution in [3.8, 4) is 0 Å². The van der Waals surface area contributed by atoms with Crippen molar-refractivity contribution in [1.82, 2.24) is 5.32 Å². The Balaban J connectivity index is 2.03. The SMILES string of the molecule is C=C1Nc2ccccc2N=C(NC(=O)C=CC(=O)[O-])C1c1ccccc1. The second-order valence-electron chi connectivity index (χ2n) is 5.65. The molecule has 26 heavy (non-hydrogen) atoms. The third-order valence-electron chi connectivity index (χ3n) is 3.82. The number of aliphatic imine (C=N–C) groups is 1. The molecule has 1 atom stereocenters. The highest BCUT2D eigenvalue weighted by atomic mass is 16.4. The van der Waals surface area contributed by atoms with E-state index in [-0.39, 0.29) is 0 Å². The normalized spacial score (nSPS) is 16.2. The van der Waals surface area contributed by atoms with Crippen LogP contribution in [-0.2, 0) is 9.59 Å². The molecule has 2 N–H and O–H groups in total. The van der Waals surface area contributed by atoms with E-state index in [0.29, 0.717) is 23.3 Å². The second kappa shape index (κ2) is 7.48. The molecule has 0 radical (unpaired) electrons. The van der Waals surface area contributed by atoms with Gasteiger partial charge in [-0.3, -0.25) is 4.79 Å². The zero-order valence-electron chi connectivity index (χ0n) is 13.8. The van der Waals surface area contributed by atoms with Gasteiger partial charge in [0.1, 0.15) is 5.84 Å². The number of anilines is 1. The van der Waals surface area contributed by atoms with Gasteiger partial charge in [0.2, 0.25) is 5.91 Å². The van der Waals surface area contributed by atoms with E-state index in [9.17, 15) is 14.7 Å². The predicted molar refractivity (Wildman–Crippen MR) is 97.8 cm³/mol. The summed E-state index contributed by atoms with van der Waals surface area (Å²) in [6.07, 6.45) is 1.57. The second-order valence-corrected chi connectivity index (χ2v) is 5.65. The van der Waals surface area contributed by atoms with Crippen LogP contribution < -0.4 is 15.7 Å². The summed E-state index contributed by atoms with van der Waals surface area (Å²) in [6.45, 7) is 4.10. The molecule has 1 aliphatic rings. The molecule has 2 aromatic rings. The van der Waals surface area contributed by atoms with Crippen LogP contribution in [0.5, 0.6) is 0 Å². The largest absolute Gasteiger partial charge is 0.545 e. The van der Waals surface area contributed by atoms with Gasteiger partial charge < -0.3 is 20.5 Å². The lowest BCUT2D eigenvalue weighted by Crippen LogP contribution is -2.35. The molecule has 0 spiro atoms. The van der Waals surface area contributed by atoms with E-state index in [1.165, 1.54) is 0 Å². The predicted octanol–water partition coefficient (Wildman–Crippen LogP) is 1.86. The molecule has 1 unspecified atom stereocenters. The number of hydrogen-bond donors (Lipinski definition) is 2. The van der Waals surface area contributed by atoms with Gasteiger partial charge in [-0.2, -0.15) is 0 Å². The molecule has 0 saturated carbocycles. The summed E-state index contributed by atoms with van der Waals surface area (Å²) in [5, 5.41) is 16.4. The fraction of sp³-hybridized carbons (Fsp3) is 0.0500. The molecule has 2 aromatic carbocycles. The highest BCUT2D eigenvalue weighted by Crippen LogP contribution is 2.35. The number of fused-ring (bicyclic) bond motifs is 1. The summed E-state index contributed by atoms with van der Waals surface area (Å²) in [5.41, 5.74) is 2.95. The number of carbonyl (C=O) groups is 2. The number of carboxylic acids is 1. The van der Waals surface area contributed by atoms with Crippen molar-refractivity contribution in [2.45, 2.75) is 5.92 Å². The summed E-state index contributed by atoms with van der Waals surface area (Å²) in [5.74, 6) is -2.12. The van der Waals surface area contributed by atoms with Crippen LogP contribution in [0.25, 0.3) is 0 Å². The van der Waals surface area contributed by atoms with Crippen molar-refractivity contribution in [2.24, 2.45) is 4.99 Å². The number of rotatable bonds is 3. The van der Waals surface area contributed by atoms with Crippen molar-refractivity contribution in [2.75, 3.05) is 5.32 Å². The Labute approximate surface area is 150 Å². The lowest BCUT2D eigenvalue weighted by molar-refractivity contribution is -0.297. The maximum atomic E-state index is 12.1. The molecule has 1 amide bonds. The highest BCUT2D eigenvalue weighted by molar-refractivity contribution is 6.09. The van der Waals surface area contributed by atoms with Crippen LogP contribution in [0.1, 0.15) is 11.5 Å². The average Bonchev–Trinajstić information content (AvgIpc) is 2.76. The standard InChI is InChI=1S/C20H17N3O3/c1-13-19(14-7-3-2-4-8-14)20(23-17(24)11-12-18(25)26)22-16-10-6-5-9-15(16)21-13/h2-12,19,21H,1H2,(H,25,26)(H,22,23,24)/p-1. The molecule has 0 bridgehead atoms. The van der Waals surface area contributed by atoms with Crippen LogP contribution in [0.3, 0.4) is 0 Å². The highest BCUT2D eigenvalue weighted by Gasteiger charge is 2.26. The Morgan fingerprint density at radius 3 is 2.50 bits per heavy atom. The van der Waals surface area contributed by atoms with Crippen LogP contribution in [0.4, 0.5) is 11.4 Å². The number of amides is 1. The van der Waals surface area contributed by atoms with Crippen molar-refractivity contribution in [3.05, 3.63) is 84.6 Å². The Bertz CT molecular complexity index is 917. The Hall–Kier alpha value is -3.67. The van der Waals surface area contributed by atoms with E-state index >= 15 is 0 Å². The van der Waals surface area contributed by atoms with Crippen LogP contribution in [0.2, 0.25) is 0 Å². The van der Waals surface area contributed by atoms with Crippen LogP contribution in [0, 0.1) is 0 Å². The fourth-order valence-corrected chi connectivity index (χ4v) is 2.70. The number of carboxylic acid groups (broad SMARTS) is 1. The van der Waals surface area contributed by atoms with Crippen LogP contribution in [-0.4, -0.2) is 17.7 Å². The molecule has 6 heteroatoms. The number of para-hydroxylation sites is 2. The maximum absolute atomic E-state index is 12.1. The van der Waals surface area contributed by atoms with Gasteiger partial charge in [-0.25, -0.2) is 4.99 Å². The molecule has 0 aliphatic carbocycles. The van der Waals surface area contributed by atoms with Gasteiger partial charge in [0, 0.05) is 11.8 Å². The summed E-state index contributed by atoms with van der Waals surface area (Å²) in [4.78, 5) is 27.2. The summed E-state index contributed by atoms with van der Waals surface area (Å²) >= 11 is 0. The fourth-order valence-electron chi connectivity index (χ4n) is 2.70. The van der Waals surface area contributed by atoms with Gasteiger partial charge in [-0.15, -0.1) is 0 Å². The van der Waals surface area contributed by atoms with Gasteiger partial charge in [0.25, 0.3) is 0 Å². The number of nitrogens with one attached hydrogen (secondary N) is 2. The van der Waals surface area contributed by atoms with E-state index in [1.807, 2.05) is 54.6 Å². The molecule has 3 rings (SSSR count). The van der Waals surface area contributed by atoms with E-state index in [0.717, 1.165) is 17.3 Å². The topological polar surface area (TPSA) is 93.6 Å². The van der Waals surface area contributed by atoms with E-state index in [2.05, 4.69) is 22.2 Å².